The minimum atomic E-state index is -1.02. The lowest BCUT2D eigenvalue weighted by Gasteiger charge is -2.30. The number of amides is 3. The maximum Gasteiger partial charge on any atom is 0.270 e. The van der Waals surface area contributed by atoms with Gasteiger partial charge in [-0.25, -0.2) is 0 Å². The first-order chi connectivity index (χ1) is 16.7. The van der Waals surface area contributed by atoms with Crippen molar-refractivity contribution in [2.75, 3.05) is 19.4 Å². The number of hydrogen-bond acceptors (Lipinski definition) is 8. The van der Waals surface area contributed by atoms with Crippen molar-refractivity contribution in [2.24, 2.45) is 11.7 Å². The molecule has 2 aromatic heterocycles. The highest BCUT2D eigenvalue weighted by atomic mass is 32.1. The van der Waals surface area contributed by atoms with Gasteiger partial charge in [-0.1, -0.05) is 26.0 Å². The van der Waals surface area contributed by atoms with Crippen molar-refractivity contribution in [1.29, 1.82) is 0 Å². The van der Waals surface area contributed by atoms with Crippen LogP contribution in [0.5, 0.6) is 5.75 Å². The van der Waals surface area contributed by atoms with Gasteiger partial charge in [0.1, 0.15) is 22.4 Å². The molecule has 0 bridgehead atoms. The van der Waals surface area contributed by atoms with Gasteiger partial charge in [0, 0.05) is 6.54 Å². The van der Waals surface area contributed by atoms with Gasteiger partial charge >= 0.3 is 0 Å². The second kappa shape index (κ2) is 11.5. The molecule has 3 aromatic rings. The fourth-order valence-electron chi connectivity index (χ4n) is 3.45. The number of furan rings is 1. The molecule has 0 saturated heterocycles. The molecule has 0 saturated carbocycles. The summed E-state index contributed by atoms with van der Waals surface area (Å²) < 4.78 is 14.7. The fraction of sp³-hybridized carbons (Fsp3) is 0.333. The maximum atomic E-state index is 13.8. The van der Waals surface area contributed by atoms with Gasteiger partial charge in [-0.15, -0.1) is 0 Å². The Morgan fingerprint density at radius 3 is 2.46 bits per heavy atom. The zero-order valence-electron chi connectivity index (χ0n) is 19.8. The molecule has 0 aliphatic rings. The third kappa shape index (κ3) is 6.18. The van der Waals surface area contributed by atoms with Crippen LogP contribution in [0.4, 0.5) is 5.69 Å². The van der Waals surface area contributed by atoms with Gasteiger partial charge < -0.3 is 30.8 Å². The number of nitrogens with two attached hydrogens (primary N) is 2. The third-order valence-corrected chi connectivity index (χ3v) is 6.19. The van der Waals surface area contributed by atoms with E-state index in [-0.39, 0.29) is 28.7 Å². The molecule has 2 heterocycles. The summed E-state index contributed by atoms with van der Waals surface area (Å²) >= 11 is 0.756. The van der Waals surface area contributed by atoms with E-state index < -0.39 is 17.9 Å². The molecule has 1 atom stereocenters. The molecular weight excluding hydrogens is 470 g/mol. The normalized spacial score (nSPS) is 11.8. The predicted molar refractivity (Wildman–Crippen MR) is 132 cm³/mol. The first-order valence-electron chi connectivity index (χ1n) is 11.0. The van der Waals surface area contributed by atoms with Gasteiger partial charge in [0.25, 0.3) is 11.8 Å². The topological polar surface area (TPSA) is 154 Å². The zero-order chi connectivity index (χ0) is 25.5. The number of nitrogens with one attached hydrogen (secondary N) is 1. The number of hydrogen-bond donors (Lipinski definition) is 3. The Morgan fingerprint density at radius 2 is 1.91 bits per heavy atom. The molecule has 11 heteroatoms. The summed E-state index contributed by atoms with van der Waals surface area (Å²) in [6.07, 6.45) is 2.26. The SMILES string of the molecule is COc1ccc(C(C(=O)NCCC(C)C)N(Cc2ccco2)C(=O)c2snc(C(N)=O)c2N)cc1. The molecule has 0 aliphatic heterocycles. The summed E-state index contributed by atoms with van der Waals surface area (Å²) in [6, 6.07) is 9.24. The van der Waals surface area contributed by atoms with Crippen LogP contribution in [0.1, 0.15) is 57.8 Å². The number of carbonyl (C=O) groups is 3. The maximum absolute atomic E-state index is 13.8. The highest BCUT2D eigenvalue weighted by Crippen LogP contribution is 2.31. The lowest BCUT2D eigenvalue weighted by Crippen LogP contribution is -2.43. The molecule has 3 rings (SSSR count). The Morgan fingerprint density at radius 1 is 1.20 bits per heavy atom. The quantitative estimate of drug-likeness (QED) is 0.366. The van der Waals surface area contributed by atoms with E-state index in [1.165, 1.54) is 11.2 Å². The molecule has 1 unspecified atom stereocenters. The summed E-state index contributed by atoms with van der Waals surface area (Å²) in [4.78, 5) is 40.3. The van der Waals surface area contributed by atoms with Gasteiger partial charge in [0.15, 0.2) is 5.69 Å². The molecule has 0 spiro atoms. The van der Waals surface area contributed by atoms with E-state index in [0.717, 1.165) is 18.0 Å². The molecule has 0 radical (unpaired) electrons. The van der Waals surface area contributed by atoms with Gasteiger partial charge in [0.05, 0.1) is 25.6 Å². The first-order valence-corrected chi connectivity index (χ1v) is 11.8. The van der Waals surface area contributed by atoms with Gasteiger partial charge in [-0.2, -0.15) is 4.37 Å². The summed E-state index contributed by atoms with van der Waals surface area (Å²) in [5, 5.41) is 2.93. The first kappa shape index (κ1) is 25.8. The smallest absolute Gasteiger partial charge is 0.270 e. The number of benzene rings is 1. The Labute approximate surface area is 207 Å². The monoisotopic (exact) mass is 499 g/mol. The number of primary amides is 1. The fourth-order valence-corrected chi connectivity index (χ4v) is 4.21. The number of anilines is 1. The standard InChI is InChI=1S/C24H29N5O5S/c1-14(2)10-11-27-23(31)20(15-6-8-16(33-3)9-7-15)29(13-17-5-4-12-34-17)24(32)21-18(25)19(22(26)30)28-35-21/h4-9,12,14,20H,10-11,13,25H2,1-3H3,(H2,26,30)(H,27,31). The van der Waals surface area contributed by atoms with Crippen LogP contribution < -0.4 is 21.5 Å². The van der Waals surface area contributed by atoms with E-state index >= 15 is 0 Å². The van der Waals surface area contributed by atoms with Crippen molar-refractivity contribution < 1.29 is 23.5 Å². The van der Waals surface area contributed by atoms with Crippen molar-refractivity contribution in [2.45, 2.75) is 32.9 Å². The molecular formula is C24H29N5O5S. The Bertz CT molecular complexity index is 1160. The molecule has 10 nitrogen and oxygen atoms in total. The number of nitrogens with zero attached hydrogens (tertiary/aromatic N) is 2. The Hall–Kier alpha value is -3.86. The van der Waals surface area contributed by atoms with E-state index in [4.69, 9.17) is 20.6 Å². The molecule has 1 aromatic carbocycles. The molecule has 0 aliphatic carbocycles. The number of rotatable bonds is 11. The van der Waals surface area contributed by atoms with E-state index in [2.05, 4.69) is 23.5 Å². The highest BCUT2D eigenvalue weighted by Gasteiger charge is 2.35. The minimum absolute atomic E-state index is 0.0128. The van der Waals surface area contributed by atoms with Crippen molar-refractivity contribution in [1.82, 2.24) is 14.6 Å². The average molecular weight is 500 g/mol. The van der Waals surface area contributed by atoms with E-state index in [9.17, 15) is 14.4 Å². The summed E-state index contributed by atoms with van der Waals surface area (Å²) in [6.45, 7) is 4.54. The van der Waals surface area contributed by atoms with E-state index in [1.54, 1.807) is 43.5 Å². The summed E-state index contributed by atoms with van der Waals surface area (Å²) in [7, 11) is 1.54. The Kier molecular flexibility index (Phi) is 8.48. The largest absolute Gasteiger partial charge is 0.497 e. The third-order valence-electron chi connectivity index (χ3n) is 5.34. The van der Waals surface area contributed by atoms with Crippen molar-refractivity contribution >= 4 is 34.9 Å². The van der Waals surface area contributed by atoms with Crippen LogP contribution in [-0.4, -0.2) is 40.6 Å². The number of methoxy groups -OCH3 is 1. The number of aromatic nitrogens is 1. The van der Waals surface area contributed by atoms with Crippen LogP contribution >= 0.6 is 11.5 Å². The van der Waals surface area contributed by atoms with Gasteiger partial charge in [-0.05, 0) is 53.7 Å². The number of nitrogen functional groups attached to an aromatic ring is 1. The van der Waals surface area contributed by atoms with Crippen molar-refractivity contribution in [3.8, 4) is 5.75 Å². The van der Waals surface area contributed by atoms with Crippen LogP contribution in [0, 0.1) is 5.92 Å². The van der Waals surface area contributed by atoms with Crippen LogP contribution in [0.25, 0.3) is 0 Å². The summed E-state index contributed by atoms with van der Waals surface area (Å²) in [5.41, 5.74) is 11.6. The number of carbonyl (C=O) groups excluding carboxylic acids is 3. The molecule has 0 fully saturated rings. The van der Waals surface area contributed by atoms with E-state index in [1.807, 2.05) is 0 Å². The zero-order valence-corrected chi connectivity index (χ0v) is 20.6. The Balaban J connectivity index is 2.06. The minimum Gasteiger partial charge on any atom is -0.497 e. The van der Waals surface area contributed by atoms with Gasteiger partial charge in [-0.3, -0.25) is 14.4 Å². The second-order valence-corrected chi connectivity index (χ2v) is 9.07. The second-order valence-electron chi connectivity index (χ2n) is 8.30. The van der Waals surface area contributed by atoms with Crippen LogP contribution in [0.3, 0.4) is 0 Å². The number of ether oxygens (including phenoxy) is 1. The lowest BCUT2D eigenvalue weighted by molar-refractivity contribution is -0.126. The van der Waals surface area contributed by atoms with Crippen LogP contribution in [0.2, 0.25) is 0 Å². The molecule has 35 heavy (non-hydrogen) atoms. The average Bonchev–Trinajstić information content (AvgIpc) is 3.48. The lowest BCUT2D eigenvalue weighted by atomic mass is 10.0. The molecule has 186 valence electrons. The van der Waals surface area contributed by atoms with Crippen molar-refractivity contribution in [3.63, 3.8) is 0 Å². The molecule has 5 N–H and O–H groups in total. The predicted octanol–water partition coefficient (Wildman–Crippen LogP) is 2.97. The van der Waals surface area contributed by atoms with Crippen LogP contribution in [0.15, 0.2) is 47.1 Å². The molecule has 3 amide bonds. The van der Waals surface area contributed by atoms with Crippen LogP contribution in [-0.2, 0) is 11.3 Å². The highest BCUT2D eigenvalue weighted by molar-refractivity contribution is 7.09. The van der Waals surface area contributed by atoms with Gasteiger partial charge in [0.2, 0.25) is 5.91 Å². The van der Waals surface area contributed by atoms with Crippen molar-refractivity contribution in [3.05, 3.63) is 64.6 Å². The van der Waals surface area contributed by atoms with E-state index in [0.29, 0.717) is 29.5 Å². The summed E-state index contributed by atoms with van der Waals surface area (Å²) in [5.74, 6) is -0.328.